The zero-order valence-electron chi connectivity index (χ0n) is 13.5. The molecule has 0 aromatic rings. The summed E-state index contributed by atoms with van der Waals surface area (Å²) in [5.74, 6) is -2.53. The minimum atomic E-state index is -5.63. The molecular formula is C17H18F6O2. The monoisotopic (exact) mass is 368 g/mol. The first-order valence-electron chi connectivity index (χ1n) is 7.66. The van der Waals surface area contributed by atoms with Crippen molar-refractivity contribution >= 4 is 0 Å². The zero-order valence-corrected chi connectivity index (χ0v) is 13.5. The van der Waals surface area contributed by atoms with Crippen LogP contribution in [0, 0.1) is 17.3 Å². The van der Waals surface area contributed by atoms with Crippen molar-refractivity contribution < 1.29 is 36.6 Å². The molecule has 0 heterocycles. The molecule has 8 heteroatoms. The van der Waals surface area contributed by atoms with Gasteiger partial charge in [0.2, 0.25) is 5.41 Å². The van der Waals surface area contributed by atoms with Crippen LogP contribution in [-0.2, 0) is 0 Å². The summed E-state index contributed by atoms with van der Waals surface area (Å²) in [7, 11) is 0. The summed E-state index contributed by atoms with van der Waals surface area (Å²) in [5.41, 5.74) is -5.86. The average Bonchev–Trinajstić information content (AvgIpc) is 2.42. The molecule has 2 aliphatic rings. The molecule has 2 atom stereocenters. The van der Waals surface area contributed by atoms with Gasteiger partial charge in [-0.1, -0.05) is 26.0 Å². The van der Waals surface area contributed by atoms with E-state index in [1.165, 1.54) is 13.8 Å². The van der Waals surface area contributed by atoms with Gasteiger partial charge in [0.05, 0.1) is 11.5 Å². The van der Waals surface area contributed by atoms with Crippen molar-refractivity contribution in [1.82, 2.24) is 0 Å². The zero-order chi connectivity index (χ0) is 19.2. The lowest BCUT2D eigenvalue weighted by molar-refractivity contribution is -0.313. The molecular weight excluding hydrogens is 350 g/mol. The van der Waals surface area contributed by atoms with Gasteiger partial charge in [-0.3, -0.25) is 0 Å². The fourth-order valence-corrected chi connectivity index (χ4v) is 3.50. The van der Waals surface area contributed by atoms with Crippen molar-refractivity contribution in [2.45, 2.75) is 39.0 Å². The van der Waals surface area contributed by atoms with E-state index < -0.39 is 47.2 Å². The summed E-state index contributed by atoms with van der Waals surface area (Å²) < 4.78 is 83.8. The quantitative estimate of drug-likeness (QED) is 0.595. The highest BCUT2D eigenvalue weighted by molar-refractivity contribution is 5.43. The van der Waals surface area contributed by atoms with Crippen LogP contribution in [-0.4, -0.2) is 22.6 Å². The molecule has 0 aliphatic heterocycles. The van der Waals surface area contributed by atoms with Crippen molar-refractivity contribution in [3.8, 4) is 0 Å². The number of hydrogen-bond donors (Lipinski definition) is 2. The first kappa shape index (κ1) is 19.5. The Morgan fingerprint density at radius 1 is 0.800 bits per heavy atom. The normalized spacial score (nSPS) is 25.8. The Kier molecular flexibility index (Phi) is 4.78. The van der Waals surface area contributed by atoms with Gasteiger partial charge in [0.1, 0.15) is 0 Å². The lowest BCUT2D eigenvalue weighted by atomic mass is 9.63. The number of rotatable bonds is 2. The van der Waals surface area contributed by atoms with Gasteiger partial charge in [-0.25, -0.2) is 0 Å². The van der Waals surface area contributed by atoms with Crippen LogP contribution in [0.3, 0.4) is 0 Å². The Bertz CT molecular complexity index is 650. The topological polar surface area (TPSA) is 40.5 Å². The van der Waals surface area contributed by atoms with Crippen LogP contribution in [0.5, 0.6) is 0 Å². The standard InChI is InChI=1S/C17H18F6O2/c1-9-8-12(24)4-5-13(9)15(16(18,19)20,17(21,22)23)11-3-6-14(25)10(2)7-11/h3-6,9-10,24-25H,7-8H2,1-2H3. The number of aliphatic hydroxyl groups excluding tert-OH is 2. The molecule has 2 rings (SSSR count). The number of allylic oxidation sites excluding steroid dienone is 8. The van der Waals surface area contributed by atoms with E-state index in [4.69, 9.17) is 0 Å². The fourth-order valence-electron chi connectivity index (χ4n) is 3.50. The Balaban J connectivity index is 2.81. The van der Waals surface area contributed by atoms with E-state index in [1.807, 2.05) is 0 Å². The summed E-state index contributed by atoms with van der Waals surface area (Å²) in [6, 6.07) is 0. The summed E-state index contributed by atoms with van der Waals surface area (Å²) in [4.78, 5) is 0. The van der Waals surface area contributed by atoms with Crippen LogP contribution in [0.4, 0.5) is 26.3 Å². The summed E-state index contributed by atoms with van der Waals surface area (Å²) in [6.07, 6.45) is -8.93. The molecule has 0 spiro atoms. The third-order valence-corrected chi connectivity index (χ3v) is 4.75. The predicted octanol–water partition coefficient (Wildman–Crippen LogP) is 5.91. The van der Waals surface area contributed by atoms with Crippen molar-refractivity contribution in [1.29, 1.82) is 0 Å². The SMILES string of the molecule is CC1CC(C(C2=CC=C(O)CC2C)(C(F)(F)F)C(F)(F)F)=CC=C1O. The maximum absolute atomic E-state index is 14.0. The number of aliphatic hydroxyl groups is 2. The Labute approximate surface area is 140 Å². The van der Waals surface area contributed by atoms with Gasteiger partial charge < -0.3 is 10.2 Å². The minimum Gasteiger partial charge on any atom is -0.512 e. The van der Waals surface area contributed by atoms with E-state index in [9.17, 15) is 36.6 Å². The molecule has 25 heavy (non-hydrogen) atoms. The lowest BCUT2D eigenvalue weighted by Gasteiger charge is -2.45. The summed E-state index contributed by atoms with van der Waals surface area (Å²) in [6.45, 7) is 2.59. The van der Waals surface area contributed by atoms with Gasteiger partial charge in [0.15, 0.2) is 0 Å². The molecule has 2 nitrogen and oxygen atoms in total. The molecule has 2 N–H and O–H groups in total. The second-order valence-corrected chi connectivity index (χ2v) is 6.52. The Morgan fingerprint density at radius 3 is 1.80 bits per heavy atom. The maximum atomic E-state index is 14.0. The largest absolute Gasteiger partial charge is 0.512 e. The number of hydrogen-bond acceptors (Lipinski definition) is 2. The van der Waals surface area contributed by atoms with Gasteiger partial charge in [-0.2, -0.15) is 26.3 Å². The van der Waals surface area contributed by atoms with Crippen molar-refractivity contribution in [3.63, 3.8) is 0 Å². The second-order valence-electron chi connectivity index (χ2n) is 6.52. The van der Waals surface area contributed by atoms with E-state index in [2.05, 4.69) is 0 Å². The highest BCUT2D eigenvalue weighted by Gasteiger charge is 2.74. The number of halogens is 6. The van der Waals surface area contributed by atoms with Gasteiger partial charge in [-0.15, -0.1) is 0 Å². The second kappa shape index (κ2) is 6.14. The van der Waals surface area contributed by atoms with Gasteiger partial charge in [0, 0.05) is 12.3 Å². The molecule has 0 saturated heterocycles. The number of alkyl halides is 6. The Morgan fingerprint density at radius 2 is 1.36 bits per heavy atom. The van der Waals surface area contributed by atoms with Crippen molar-refractivity contribution in [2.75, 3.05) is 0 Å². The molecule has 0 radical (unpaired) electrons. The third-order valence-electron chi connectivity index (χ3n) is 4.75. The average molecular weight is 368 g/mol. The first-order chi connectivity index (χ1) is 11.3. The van der Waals surface area contributed by atoms with E-state index in [0.29, 0.717) is 12.2 Å². The van der Waals surface area contributed by atoms with Gasteiger partial charge in [-0.05, 0) is 35.6 Å². The van der Waals surface area contributed by atoms with Gasteiger partial charge >= 0.3 is 12.4 Å². The maximum Gasteiger partial charge on any atom is 0.410 e. The molecule has 0 aromatic heterocycles. The predicted molar refractivity (Wildman–Crippen MR) is 79.7 cm³/mol. The Hall–Kier alpha value is -1.86. The van der Waals surface area contributed by atoms with Crippen molar-refractivity contribution in [3.05, 3.63) is 47.0 Å². The van der Waals surface area contributed by atoms with Crippen LogP contribution in [0.25, 0.3) is 0 Å². The van der Waals surface area contributed by atoms with Crippen LogP contribution in [0.15, 0.2) is 47.0 Å². The highest BCUT2D eigenvalue weighted by Crippen LogP contribution is 2.63. The van der Waals surface area contributed by atoms with E-state index in [1.54, 1.807) is 0 Å². The van der Waals surface area contributed by atoms with E-state index in [0.717, 1.165) is 12.2 Å². The summed E-state index contributed by atoms with van der Waals surface area (Å²) in [5, 5.41) is 19.0. The molecule has 2 unspecified atom stereocenters. The van der Waals surface area contributed by atoms with Crippen LogP contribution in [0.2, 0.25) is 0 Å². The van der Waals surface area contributed by atoms with E-state index >= 15 is 0 Å². The molecule has 0 amide bonds. The lowest BCUT2D eigenvalue weighted by Crippen LogP contribution is -2.54. The molecule has 0 saturated carbocycles. The molecule has 2 aliphatic carbocycles. The third kappa shape index (κ3) is 3.06. The van der Waals surface area contributed by atoms with Crippen LogP contribution < -0.4 is 0 Å². The molecule has 0 bridgehead atoms. The smallest absolute Gasteiger partial charge is 0.410 e. The molecule has 0 aromatic carbocycles. The summed E-state index contributed by atoms with van der Waals surface area (Å²) >= 11 is 0. The molecule has 140 valence electrons. The van der Waals surface area contributed by atoms with Gasteiger partial charge in [0.25, 0.3) is 0 Å². The van der Waals surface area contributed by atoms with Crippen LogP contribution in [0.1, 0.15) is 26.7 Å². The molecule has 0 fully saturated rings. The minimum absolute atomic E-state index is 0.259. The van der Waals surface area contributed by atoms with Crippen LogP contribution >= 0.6 is 0 Å². The highest BCUT2D eigenvalue weighted by atomic mass is 19.4. The first-order valence-corrected chi connectivity index (χ1v) is 7.66. The fraction of sp³-hybridized carbons (Fsp3) is 0.529. The van der Waals surface area contributed by atoms with Crippen molar-refractivity contribution in [2.24, 2.45) is 17.3 Å². The van der Waals surface area contributed by atoms with E-state index in [-0.39, 0.29) is 17.9 Å².